The van der Waals surface area contributed by atoms with E-state index in [1.807, 2.05) is 35.0 Å². The molecule has 0 saturated heterocycles. The molecule has 2 aromatic carbocycles. The fourth-order valence-corrected chi connectivity index (χ4v) is 4.81. The molecule has 0 saturated carbocycles. The summed E-state index contributed by atoms with van der Waals surface area (Å²) in [6.07, 6.45) is 0. The van der Waals surface area contributed by atoms with E-state index < -0.39 is 5.97 Å². The number of aromatic nitrogens is 1. The average molecular weight is 495 g/mol. The van der Waals surface area contributed by atoms with Gasteiger partial charge in [-0.2, -0.15) is 0 Å². The predicted molar refractivity (Wildman–Crippen MR) is 133 cm³/mol. The largest absolute Gasteiger partial charge is 0.493 e. The molecule has 2 aromatic heterocycles. The van der Waals surface area contributed by atoms with Crippen molar-refractivity contribution in [1.29, 1.82) is 0 Å². The van der Waals surface area contributed by atoms with Gasteiger partial charge in [0.1, 0.15) is 11.6 Å². The van der Waals surface area contributed by atoms with Crippen LogP contribution in [0.1, 0.15) is 25.7 Å². The number of ether oxygens (including phenoxy) is 3. The zero-order valence-corrected chi connectivity index (χ0v) is 20.4. The highest BCUT2D eigenvalue weighted by atomic mass is 32.1. The minimum Gasteiger partial charge on any atom is -0.493 e. The molecule has 4 aromatic rings. The first-order chi connectivity index (χ1) is 16.5. The molecule has 2 heterocycles. The fraction of sp³-hybridized carbons (Fsp3) is 0.160. The first-order valence-corrected chi connectivity index (χ1v) is 12.0. The first-order valence-electron chi connectivity index (χ1n) is 10.3. The van der Waals surface area contributed by atoms with Gasteiger partial charge in [-0.1, -0.05) is 18.2 Å². The zero-order chi connectivity index (χ0) is 24.1. The third-order valence-corrected chi connectivity index (χ3v) is 6.85. The van der Waals surface area contributed by atoms with Crippen LogP contribution in [0.25, 0.3) is 10.6 Å². The van der Waals surface area contributed by atoms with Gasteiger partial charge < -0.3 is 19.1 Å². The summed E-state index contributed by atoms with van der Waals surface area (Å²) in [5.41, 5.74) is 2.29. The number of anilines is 1. The van der Waals surface area contributed by atoms with Gasteiger partial charge in [0.05, 0.1) is 36.0 Å². The Kier molecular flexibility index (Phi) is 7.24. The summed E-state index contributed by atoms with van der Waals surface area (Å²) in [5, 5.41) is 4.46. The molecule has 0 aliphatic rings. The van der Waals surface area contributed by atoms with Gasteiger partial charge in [0.25, 0.3) is 5.91 Å². The van der Waals surface area contributed by atoms with E-state index in [0.29, 0.717) is 33.3 Å². The van der Waals surface area contributed by atoms with Crippen LogP contribution in [-0.4, -0.2) is 38.1 Å². The number of methoxy groups -OCH3 is 2. The Morgan fingerprint density at radius 1 is 0.971 bits per heavy atom. The summed E-state index contributed by atoms with van der Waals surface area (Å²) < 4.78 is 16.2. The van der Waals surface area contributed by atoms with E-state index in [4.69, 9.17) is 14.2 Å². The quantitative estimate of drug-likeness (QED) is 0.300. The maximum absolute atomic E-state index is 12.9. The molecule has 9 heteroatoms. The molecule has 0 atom stereocenters. The minimum atomic E-state index is -0.526. The van der Waals surface area contributed by atoms with Crippen molar-refractivity contribution in [2.24, 2.45) is 0 Å². The van der Waals surface area contributed by atoms with Gasteiger partial charge in [-0.05, 0) is 41.8 Å². The third kappa shape index (κ3) is 4.95. The number of carbonyl (C=O) groups is 2. The number of nitrogens with zero attached hydrogens (tertiary/aromatic N) is 2. The number of hydrogen-bond acceptors (Lipinski definition) is 8. The van der Waals surface area contributed by atoms with Crippen LogP contribution in [0.4, 0.5) is 5.69 Å². The van der Waals surface area contributed by atoms with Crippen LogP contribution in [-0.2, 0) is 11.3 Å². The molecule has 0 bridgehead atoms. The van der Waals surface area contributed by atoms with Crippen LogP contribution in [0, 0.1) is 0 Å². The van der Waals surface area contributed by atoms with Crippen LogP contribution in [0.5, 0.6) is 11.5 Å². The van der Waals surface area contributed by atoms with E-state index in [1.54, 1.807) is 51.6 Å². The van der Waals surface area contributed by atoms with Gasteiger partial charge in [0.15, 0.2) is 11.5 Å². The predicted octanol–water partition coefficient (Wildman–Crippen LogP) is 5.52. The Hall–Kier alpha value is -3.69. The molecule has 34 heavy (non-hydrogen) atoms. The topological polar surface area (TPSA) is 78.0 Å². The molecule has 0 aliphatic carbocycles. The standard InChI is InChI=1S/C25H22N2O5S2/c1-27(24(28)22-9-6-12-33-22)19-8-5-4-7-18(19)25(29)32-14-17-15-34-23(26-17)16-10-11-20(30-2)21(13-16)31-3/h4-13,15H,14H2,1-3H3. The summed E-state index contributed by atoms with van der Waals surface area (Å²) in [6, 6.07) is 16.0. The molecule has 1 amide bonds. The summed E-state index contributed by atoms with van der Waals surface area (Å²) in [7, 11) is 4.81. The zero-order valence-electron chi connectivity index (χ0n) is 18.8. The third-order valence-electron chi connectivity index (χ3n) is 5.06. The van der Waals surface area contributed by atoms with Gasteiger partial charge in [0, 0.05) is 18.0 Å². The number of amides is 1. The summed E-state index contributed by atoms with van der Waals surface area (Å²) >= 11 is 2.79. The van der Waals surface area contributed by atoms with Crippen LogP contribution in [0.2, 0.25) is 0 Å². The fourth-order valence-electron chi connectivity index (χ4n) is 3.31. The van der Waals surface area contributed by atoms with E-state index in [-0.39, 0.29) is 12.5 Å². The van der Waals surface area contributed by atoms with Crippen LogP contribution in [0.3, 0.4) is 0 Å². The minimum absolute atomic E-state index is 0.0134. The second-order valence-electron chi connectivity index (χ2n) is 7.15. The van der Waals surface area contributed by atoms with Crippen molar-refractivity contribution in [3.05, 3.63) is 81.5 Å². The Balaban J connectivity index is 1.46. The highest BCUT2D eigenvalue weighted by Gasteiger charge is 2.21. The van der Waals surface area contributed by atoms with Crippen molar-refractivity contribution in [1.82, 2.24) is 4.98 Å². The molecule has 0 aliphatic heterocycles. The highest BCUT2D eigenvalue weighted by molar-refractivity contribution is 7.13. The second kappa shape index (κ2) is 10.5. The van der Waals surface area contributed by atoms with E-state index in [0.717, 1.165) is 10.6 Å². The van der Waals surface area contributed by atoms with E-state index in [2.05, 4.69) is 4.98 Å². The number of hydrogen-bond donors (Lipinski definition) is 0. The number of thiazole rings is 1. The number of carbonyl (C=O) groups excluding carboxylic acids is 2. The number of thiophene rings is 1. The Bertz CT molecular complexity index is 1300. The number of benzene rings is 2. The van der Waals surface area contributed by atoms with Crippen LogP contribution < -0.4 is 14.4 Å². The normalized spacial score (nSPS) is 10.6. The summed E-state index contributed by atoms with van der Waals surface area (Å²) in [4.78, 5) is 32.2. The number of rotatable bonds is 8. The van der Waals surface area contributed by atoms with Crippen molar-refractivity contribution in [2.75, 3.05) is 26.2 Å². The second-order valence-corrected chi connectivity index (χ2v) is 8.95. The molecule has 0 spiro atoms. The molecule has 0 fully saturated rings. The van der Waals surface area contributed by atoms with Gasteiger partial charge >= 0.3 is 5.97 Å². The van der Waals surface area contributed by atoms with E-state index in [1.165, 1.54) is 27.6 Å². The monoisotopic (exact) mass is 494 g/mol. The van der Waals surface area contributed by atoms with E-state index >= 15 is 0 Å². The van der Waals surface area contributed by atoms with Crippen LogP contribution in [0.15, 0.2) is 65.4 Å². The summed E-state index contributed by atoms with van der Waals surface area (Å²) in [6.45, 7) is 0.0134. The Morgan fingerprint density at radius 3 is 2.50 bits per heavy atom. The number of esters is 1. The molecule has 174 valence electrons. The lowest BCUT2D eigenvalue weighted by molar-refractivity contribution is 0.0469. The molecule has 4 rings (SSSR count). The lowest BCUT2D eigenvalue weighted by Crippen LogP contribution is -2.27. The van der Waals surface area contributed by atoms with Crippen molar-refractivity contribution < 1.29 is 23.8 Å². The first kappa shape index (κ1) is 23.5. The van der Waals surface area contributed by atoms with Crippen molar-refractivity contribution in [2.45, 2.75) is 6.61 Å². The molecular formula is C25H22N2O5S2. The molecule has 7 nitrogen and oxygen atoms in total. The van der Waals surface area contributed by atoms with Crippen LogP contribution >= 0.6 is 22.7 Å². The van der Waals surface area contributed by atoms with Crippen molar-refractivity contribution in [3.8, 4) is 22.1 Å². The van der Waals surface area contributed by atoms with Crippen molar-refractivity contribution >= 4 is 40.2 Å². The smallest absolute Gasteiger partial charge is 0.340 e. The SMILES string of the molecule is COc1ccc(-c2nc(COC(=O)c3ccccc3N(C)C(=O)c3cccs3)cs2)cc1OC. The lowest BCUT2D eigenvalue weighted by atomic mass is 10.1. The molecular weight excluding hydrogens is 472 g/mol. The molecule has 0 N–H and O–H groups in total. The summed E-state index contributed by atoms with van der Waals surface area (Å²) in [5.74, 6) is 0.538. The number of para-hydroxylation sites is 1. The maximum Gasteiger partial charge on any atom is 0.340 e. The molecule has 0 unspecified atom stereocenters. The lowest BCUT2D eigenvalue weighted by Gasteiger charge is -2.19. The average Bonchev–Trinajstić information content (AvgIpc) is 3.58. The Morgan fingerprint density at radius 2 is 1.76 bits per heavy atom. The maximum atomic E-state index is 12.9. The molecule has 0 radical (unpaired) electrons. The van der Waals surface area contributed by atoms with Gasteiger partial charge in [-0.15, -0.1) is 22.7 Å². The van der Waals surface area contributed by atoms with Crippen molar-refractivity contribution in [3.63, 3.8) is 0 Å². The van der Waals surface area contributed by atoms with Gasteiger partial charge in [-0.25, -0.2) is 9.78 Å². The van der Waals surface area contributed by atoms with Gasteiger partial charge in [-0.3, -0.25) is 4.79 Å². The Labute approximate surface area is 205 Å². The highest BCUT2D eigenvalue weighted by Crippen LogP contribution is 2.33. The van der Waals surface area contributed by atoms with Gasteiger partial charge in [0.2, 0.25) is 0 Å². The van der Waals surface area contributed by atoms with E-state index in [9.17, 15) is 9.59 Å².